The van der Waals surface area contributed by atoms with Crippen molar-refractivity contribution in [2.24, 2.45) is 0 Å². The zero-order valence-electron chi connectivity index (χ0n) is 19.2. The first-order chi connectivity index (χ1) is 15.2. The van der Waals surface area contributed by atoms with E-state index in [9.17, 15) is 9.59 Å². The van der Waals surface area contributed by atoms with E-state index in [0.717, 1.165) is 29.3 Å². The largest absolute Gasteiger partial charge is 0.467 e. The number of unbranched alkanes of at least 4 members (excludes halogenated alkanes) is 9. The number of rotatable bonds is 15. The molecule has 1 unspecified atom stereocenters. The quantitative estimate of drug-likeness (QED) is 0.259. The summed E-state index contributed by atoms with van der Waals surface area (Å²) < 4.78 is 4.89. The van der Waals surface area contributed by atoms with Gasteiger partial charge in [-0.3, -0.25) is 0 Å². The van der Waals surface area contributed by atoms with Crippen LogP contribution in [-0.4, -0.2) is 36.7 Å². The molecule has 0 saturated carbocycles. The van der Waals surface area contributed by atoms with Crippen molar-refractivity contribution in [2.45, 2.75) is 83.6 Å². The van der Waals surface area contributed by atoms with Crippen LogP contribution in [0, 0.1) is 0 Å². The normalized spacial score (nSPS) is 11.9. The van der Waals surface area contributed by atoms with Crippen molar-refractivity contribution in [1.29, 1.82) is 0 Å². The lowest BCUT2D eigenvalue weighted by Crippen LogP contribution is -2.47. The van der Waals surface area contributed by atoms with Gasteiger partial charge < -0.3 is 20.4 Å². The molecule has 0 aliphatic heterocycles. The van der Waals surface area contributed by atoms with Crippen molar-refractivity contribution in [3.05, 3.63) is 36.0 Å². The smallest absolute Gasteiger partial charge is 0.328 e. The minimum Gasteiger partial charge on any atom is -0.467 e. The van der Waals surface area contributed by atoms with Crippen LogP contribution in [-0.2, 0) is 16.0 Å². The van der Waals surface area contributed by atoms with E-state index < -0.39 is 12.0 Å². The number of carbonyl (C=O) groups excluding carboxylic acids is 2. The first kappa shape index (κ1) is 24.8. The monoisotopic (exact) mass is 429 g/mol. The molecule has 2 amide bonds. The van der Waals surface area contributed by atoms with Crippen LogP contribution in [0.4, 0.5) is 4.79 Å². The SMILES string of the molecule is CCCCCCCCCCCCNC(=O)NC(Cc1c[nH]c2ccccc12)C(=O)OC. The maximum Gasteiger partial charge on any atom is 0.328 e. The third kappa shape index (κ3) is 9.03. The van der Waals surface area contributed by atoms with E-state index in [1.54, 1.807) is 0 Å². The number of benzene rings is 1. The Balaban J connectivity index is 1.65. The number of fused-ring (bicyclic) bond motifs is 1. The van der Waals surface area contributed by atoms with Crippen LogP contribution in [0.25, 0.3) is 10.9 Å². The summed E-state index contributed by atoms with van der Waals surface area (Å²) in [5.74, 6) is -0.445. The van der Waals surface area contributed by atoms with Gasteiger partial charge in [-0.2, -0.15) is 0 Å². The second kappa shape index (κ2) is 14.5. The van der Waals surface area contributed by atoms with Crippen LogP contribution < -0.4 is 10.6 Å². The molecule has 1 heterocycles. The third-order valence-electron chi connectivity index (χ3n) is 5.71. The molecule has 0 spiro atoms. The number of para-hydroxylation sites is 1. The summed E-state index contributed by atoms with van der Waals surface area (Å²) in [6, 6.07) is 6.85. The predicted molar refractivity (Wildman–Crippen MR) is 126 cm³/mol. The molecule has 6 heteroatoms. The molecular formula is C25H39N3O3. The number of hydrogen-bond donors (Lipinski definition) is 3. The number of aromatic amines is 1. The summed E-state index contributed by atoms with van der Waals surface area (Å²) in [5.41, 5.74) is 1.98. The Hall–Kier alpha value is -2.50. The summed E-state index contributed by atoms with van der Waals surface area (Å²) in [5, 5.41) is 6.68. The highest BCUT2D eigenvalue weighted by molar-refractivity contribution is 5.86. The highest BCUT2D eigenvalue weighted by Gasteiger charge is 2.23. The molecule has 1 aromatic heterocycles. The predicted octanol–water partition coefficient (Wildman–Crippen LogP) is 5.47. The first-order valence-electron chi connectivity index (χ1n) is 11.8. The van der Waals surface area contributed by atoms with E-state index in [1.807, 2.05) is 30.5 Å². The van der Waals surface area contributed by atoms with Gasteiger partial charge in [0.2, 0.25) is 0 Å². The number of H-pyrrole nitrogens is 1. The van der Waals surface area contributed by atoms with E-state index >= 15 is 0 Å². The molecule has 2 aromatic rings. The molecule has 0 aliphatic carbocycles. The molecule has 172 valence electrons. The van der Waals surface area contributed by atoms with E-state index in [4.69, 9.17) is 4.74 Å². The zero-order chi connectivity index (χ0) is 22.3. The third-order valence-corrected chi connectivity index (χ3v) is 5.71. The van der Waals surface area contributed by atoms with E-state index in [1.165, 1.54) is 58.5 Å². The van der Waals surface area contributed by atoms with Gasteiger partial charge in [-0.1, -0.05) is 82.9 Å². The summed E-state index contributed by atoms with van der Waals surface area (Å²) >= 11 is 0. The lowest BCUT2D eigenvalue weighted by Gasteiger charge is -2.17. The van der Waals surface area contributed by atoms with Crippen LogP contribution in [0.2, 0.25) is 0 Å². The lowest BCUT2D eigenvalue weighted by molar-refractivity contribution is -0.142. The van der Waals surface area contributed by atoms with Gasteiger partial charge in [-0.25, -0.2) is 9.59 Å². The number of hydrogen-bond acceptors (Lipinski definition) is 3. The Morgan fingerprint density at radius 1 is 0.968 bits per heavy atom. The minimum absolute atomic E-state index is 0.328. The highest BCUT2D eigenvalue weighted by atomic mass is 16.5. The fourth-order valence-corrected chi connectivity index (χ4v) is 3.88. The van der Waals surface area contributed by atoms with Crippen molar-refractivity contribution in [1.82, 2.24) is 15.6 Å². The standard InChI is InChI=1S/C25H39N3O3/c1-3-4-5-6-7-8-9-10-11-14-17-26-25(30)28-23(24(29)31-2)18-20-19-27-22-16-13-12-15-21(20)22/h12-13,15-16,19,23,27H,3-11,14,17-18H2,1-2H3,(H2,26,28,30). The molecule has 0 saturated heterocycles. The average Bonchev–Trinajstić information content (AvgIpc) is 3.19. The van der Waals surface area contributed by atoms with Gasteiger partial charge in [0.1, 0.15) is 6.04 Å². The van der Waals surface area contributed by atoms with E-state index in [-0.39, 0.29) is 6.03 Å². The number of methoxy groups -OCH3 is 1. The Morgan fingerprint density at radius 2 is 1.61 bits per heavy atom. The van der Waals surface area contributed by atoms with Crippen LogP contribution in [0.5, 0.6) is 0 Å². The van der Waals surface area contributed by atoms with Crippen molar-refractivity contribution in [3.63, 3.8) is 0 Å². The molecule has 0 fully saturated rings. The van der Waals surface area contributed by atoms with E-state index in [2.05, 4.69) is 22.5 Å². The molecule has 31 heavy (non-hydrogen) atoms. The van der Waals surface area contributed by atoms with Crippen molar-refractivity contribution < 1.29 is 14.3 Å². The van der Waals surface area contributed by atoms with Gasteiger partial charge >= 0.3 is 12.0 Å². The minimum atomic E-state index is -0.725. The molecule has 2 rings (SSSR count). The number of urea groups is 1. The van der Waals surface area contributed by atoms with Crippen LogP contribution >= 0.6 is 0 Å². The molecule has 6 nitrogen and oxygen atoms in total. The van der Waals surface area contributed by atoms with Crippen LogP contribution in [0.1, 0.15) is 76.7 Å². The fraction of sp³-hybridized carbons (Fsp3) is 0.600. The Labute approximate surface area is 186 Å². The number of esters is 1. The Bertz CT molecular complexity index is 787. The van der Waals surface area contributed by atoms with Gasteiger partial charge in [0.05, 0.1) is 7.11 Å². The van der Waals surface area contributed by atoms with Crippen molar-refractivity contribution in [2.75, 3.05) is 13.7 Å². The van der Waals surface area contributed by atoms with Gasteiger partial charge in [-0.05, 0) is 18.1 Å². The number of ether oxygens (including phenoxy) is 1. The molecule has 1 aromatic carbocycles. The fourth-order valence-electron chi connectivity index (χ4n) is 3.88. The average molecular weight is 430 g/mol. The molecule has 3 N–H and O–H groups in total. The number of nitrogens with one attached hydrogen (secondary N) is 3. The summed E-state index contributed by atoms with van der Waals surface area (Å²) in [7, 11) is 1.34. The summed E-state index contributed by atoms with van der Waals surface area (Å²) in [6.07, 6.45) is 14.8. The Kier molecular flexibility index (Phi) is 11.6. The second-order valence-corrected chi connectivity index (χ2v) is 8.22. The molecular weight excluding hydrogens is 390 g/mol. The van der Waals surface area contributed by atoms with Gasteiger partial charge in [0.25, 0.3) is 0 Å². The van der Waals surface area contributed by atoms with Gasteiger partial charge in [-0.15, -0.1) is 0 Å². The van der Waals surface area contributed by atoms with Gasteiger partial charge in [0, 0.05) is 30.1 Å². The van der Waals surface area contributed by atoms with Crippen LogP contribution in [0.3, 0.4) is 0 Å². The Morgan fingerprint density at radius 3 is 2.29 bits per heavy atom. The van der Waals surface area contributed by atoms with Crippen LogP contribution in [0.15, 0.2) is 30.5 Å². The number of amides is 2. The zero-order valence-corrected chi connectivity index (χ0v) is 19.2. The number of carbonyl (C=O) groups is 2. The lowest BCUT2D eigenvalue weighted by atomic mass is 10.1. The molecule has 0 aliphatic rings. The maximum absolute atomic E-state index is 12.3. The summed E-state index contributed by atoms with van der Waals surface area (Å²) in [6.45, 7) is 2.86. The van der Waals surface area contributed by atoms with E-state index in [0.29, 0.717) is 13.0 Å². The molecule has 0 radical (unpaired) electrons. The maximum atomic E-state index is 12.3. The number of aromatic nitrogens is 1. The molecule has 1 atom stereocenters. The van der Waals surface area contributed by atoms with Gasteiger partial charge in [0.15, 0.2) is 0 Å². The topological polar surface area (TPSA) is 83.2 Å². The molecule has 0 bridgehead atoms. The highest BCUT2D eigenvalue weighted by Crippen LogP contribution is 2.19. The first-order valence-corrected chi connectivity index (χ1v) is 11.8. The second-order valence-electron chi connectivity index (χ2n) is 8.22. The van der Waals surface area contributed by atoms with Crippen molar-refractivity contribution >= 4 is 22.9 Å². The van der Waals surface area contributed by atoms with Crippen molar-refractivity contribution in [3.8, 4) is 0 Å². The summed E-state index contributed by atoms with van der Waals surface area (Å²) in [4.78, 5) is 27.7.